The number of sulfonamides is 1. The molecule has 3 aromatic carbocycles. The van der Waals surface area contributed by atoms with Crippen LogP contribution in [0.3, 0.4) is 0 Å². The maximum Gasteiger partial charge on any atom is 0.453 e. The number of nitrogens with one attached hydrogen (secondary N) is 1. The molecule has 7 nitrogen and oxygen atoms in total. The molecule has 0 unspecified atom stereocenters. The highest BCUT2D eigenvalue weighted by atomic mass is 32.2. The van der Waals surface area contributed by atoms with Gasteiger partial charge in [0.05, 0.1) is 0 Å². The Morgan fingerprint density at radius 2 is 1.29 bits per heavy atom. The third-order valence-corrected chi connectivity index (χ3v) is 8.55. The third kappa shape index (κ3) is 6.17. The molecule has 4 rings (SSSR count). The Bertz CT molecular complexity index is 1380. The lowest BCUT2D eigenvalue weighted by atomic mass is 10.1. The van der Waals surface area contributed by atoms with Gasteiger partial charge in [0, 0.05) is 5.69 Å². The lowest BCUT2D eigenvalue weighted by Crippen LogP contribution is -2.31. The Labute approximate surface area is 205 Å². The van der Waals surface area contributed by atoms with Crippen LogP contribution in [-0.4, -0.2) is 13.4 Å². The molecule has 35 heavy (non-hydrogen) atoms. The fourth-order valence-corrected chi connectivity index (χ4v) is 6.94. The standard InChI is InChI=1S/C26H25N2O5PS/c1-20-16-18-22(19-17-20)26(28-35(30,31)25-15-9-10-21(2)27-25)34(29,32-23-11-5-3-6-12-23)33-24-13-7-4-8-14-24/h3-19,26,28H,1-2H3/t26-/m0/s1. The van der Waals surface area contributed by atoms with Crippen molar-refractivity contribution in [3.05, 3.63) is 120 Å². The van der Waals surface area contributed by atoms with Crippen molar-refractivity contribution >= 4 is 17.6 Å². The van der Waals surface area contributed by atoms with Gasteiger partial charge < -0.3 is 9.05 Å². The highest BCUT2D eigenvalue weighted by Crippen LogP contribution is 2.59. The van der Waals surface area contributed by atoms with Gasteiger partial charge in [-0.3, -0.25) is 0 Å². The van der Waals surface area contributed by atoms with Gasteiger partial charge in [-0.05, 0) is 55.8 Å². The minimum Gasteiger partial charge on any atom is -0.415 e. The van der Waals surface area contributed by atoms with E-state index in [1.807, 2.05) is 6.92 Å². The molecule has 4 aromatic rings. The number of para-hydroxylation sites is 2. The van der Waals surface area contributed by atoms with Crippen molar-refractivity contribution in [2.45, 2.75) is 24.7 Å². The zero-order chi connectivity index (χ0) is 24.9. The molecule has 0 fully saturated rings. The number of rotatable bonds is 9. The van der Waals surface area contributed by atoms with E-state index in [0.717, 1.165) is 5.56 Å². The van der Waals surface area contributed by atoms with E-state index in [1.54, 1.807) is 104 Å². The molecule has 0 saturated carbocycles. The first-order valence-corrected chi connectivity index (χ1v) is 14.0. The molecule has 0 bridgehead atoms. The second-order valence-electron chi connectivity index (χ2n) is 7.90. The van der Waals surface area contributed by atoms with Crippen molar-refractivity contribution in [1.29, 1.82) is 0 Å². The van der Waals surface area contributed by atoms with Gasteiger partial charge in [-0.2, -0.15) is 4.72 Å². The third-order valence-electron chi connectivity index (χ3n) is 5.07. The summed E-state index contributed by atoms with van der Waals surface area (Å²) in [6.07, 6.45) is 0. The predicted molar refractivity (Wildman–Crippen MR) is 135 cm³/mol. The quantitative estimate of drug-likeness (QED) is 0.278. The molecule has 180 valence electrons. The number of nitrogens with zero attached hydrogens (tertiary/aromatic N) is 1. The van der Waals surface area contributed by atoms with E-state index >= 15 is 0 Å². The first-order chi connectivity index (χ1) is 16.7. The summed E-state index contributed by atoms with van der Waals surface area (Å²) >= 11 is 0. The molecule has 0 saturated heterocycles. The van der Waals surface area contributed by atoms with Crippen LogP contribution in [-0.2, 0) is 14.6 Å². The first-order valence-electron chi connectivity index (χ1n) is 10.9. The van der Waals surface area contributed by atoms with Gasteiger partial charge in [0.1, 0.15) is 11.5 Å². The topological polar surface area (TPSA) is 94.6 Å². The molecule has 0 radical (unpaired) electrons. The zero-order valence-electron chi connectivity index (χ0n) is 19.2. The van der Waals surface area contributed by atoms with Crippen LogP contribution < -0.4 is 13.8 Å². The van der Waals surface area contributed by atoms with Gasteiger partial charge in [-0.1, -0.05) is 72.3 Å². The summed E-state index contributed by atoms with van der Waals surface area (Å²) in [4.78, 5) is 4.13. The van der Waals surface area contributed by atoms with E-state index < -0.39 is 23.4 Å². The zero-order valence-corrected chi connectivity index (χ0v) is 20.9. The van der Waals surface area contributed by atoms with Crippen molar-refractivity contribution in [2.75, 3.05) is 0 Å². The van der Waals surface area contributed by atoms with Crippen LogP contribution in [0.4, 0.5) is 0 Å². The number of aryl methyl sites for hydroxylation is 2. The smallest absolute Gasteiger partial charge is 0.415 e. The highest BCUT2D eigenvalue weighted by Gasteiger charge is 2.43. The monoisotopic (exact) mass is 508 g/mol. The van der Waals surface area contributed by atoms with Crippen LogP contribution in [0.25, 0.3) is 0 Å². The normalized spacial score (nSPS) is 12.6. The van der Waals surface area contributed by atoms with Crippen LogP contribution in [0.2, 0.25) is 0 Å². The van der Waals surface area contributed by atoms with Crippen LogP contribution in [0.1, 0.15) is 22.6 Å². The number of pyridine rings is 1. The number of hydrogen-bond acceptors (Lipinski definition) is 6. The van der Waals surface area contributed by atoms with E-state index in [2.05, 4.69) is 9.71 Å². The summed E-state index contributed by atoms with van der Waals surface area (Å²) in [6.45, 7) is 3.60. The molecule has 0 aliphatic rings. The molecule has 1 N–H and O–H groups in total. The molecule has 1 atom stereocenters. The Kier molecular flexibility index (Phi) is 7.36. The lowest BCUT2D eigenvalue weighted by Gasteiger charge is -2.28. The molecule has 1 aromatic heterocycles. The maximum atomic E-state index is 14.5. The molecule has 9 heteroatoms. The van der Waals surface area contributed by atoms with E-state index in [9.17, 15) is 13.0 Å². The van der Waals surface area contributed by atoms with Gasteiger partial charge in [0.15, 0.2) is 10.8 Å². The van der Waals surface area contributed by atoms with Crippen LogP contribution in [0, 0.1) is 13.8 Å². The Hall–Kier alpha value is -3.45. The van der Waals surface area contributed by atoms with E-state index in [-0.39, 0.29) is 16.5 Å². The lowest BCUT2D eigenvalue weighted by molar-refractivity contribution is 0.368. The molecule has 0 aliphatic carbocycles. The van der Waals surface area contributed by atoms with Gasteiger partial charge >= 0.3 is 7.60 Å². The highest BCUT2D eigenvalue weighted by molar-refractivity contribution is 7.89. The summed E-state index contributed by atoms with van der Waals surface area (Å²) < 4.78 is 55.7. The largest absolute Gasteiger partial charge is 0.453 e. The molecular formula is C26H25N2O5PS. The number of benzene rings is 3. The van der Waals surface area contributed by atoms with Crippen molar-refractivity contribution in [1.82, 2.24) is 9.71 Å². The fraction of sp³-hybridized carbons (Fsp3) is 0.115. The van der Waals surface area contributed by atoms with E-state index in [4.69, 9.17) is 9.05 Å². The second kappa shape index (κ2) is 10.4. The Morgan fingerprint density at radius 3 is 1.80 bits per heavy atom. The summed E-state index contributed by atoms with van der Waals surface area (Å²) in [7, 11) is -8.46. The van der Waals surface area contributed by atoms with Crippen LogP contribution in [0.15, 0.2) is 108 Å². The SMILES string of the molecule is Cc1ccc([C@@H](NS(=O)(=O)c2cccc(C)n2)P(=O)(Oc2ccccc2)Oc2ccccc2)cc1. The van der Waals surface area contributed by atoms with Crippen LogP contribution >= 0.6 is 7.60 Å². The minimum absolute atomic E-state index is 0.194. The Morgan fingerprint density at radius 1 is 0.743 bits per heavy atom. The molecule has 0 amide bonds. The number of hydrogen-bond donors (Lipinski definition) is 1. The van der Waals surface area contributed by atoms with Crippen LogP contribution in [0.5, 0.6) is 11.5 Å². The maximum absolute atomic E-state index is 14.5. The number of aromatic nitrogens is 1. The second-order valence-corrected chi connectivity index (χ2v) is 11.5. The van der Waals surface area contributed by atoms with Gasteiger partial charge in [-0.15, -0.1) is 0 Å². The van der Waals surface area contributed by atoms with Gasteiger partial charge in [0.2, 0.25) is 0 Å². The van der Waals surface area contributed by atoms with E-state index in [0.29, 0.717) is 11.3 Å². The summed E-state index contributed by atoms with van der Waals surface area (Å²) in [5.41, 5.74) is 1.91. The van der Waals surface area contributed by atoms with Crippen molar-refractivity contribution in [3.63, 3.8) is 0 Å². The molecule has 1 heterocycles. The Balaban J connectivity index is 1.83. The van der Waals surface area contributed by atoms with Gasteiger partial charge in [0.25, 0.3) is 10.0 Å². The molecular weight excluding hydrogens is 483 g/mol. The first kappa shape index (κ1) is 24.7. The van der Waals surface area contributed by atoms with Crippen molar-refractivity contribution in [3.8, 4) is 11.5 Å². The molecule has 0 aliphatic heterocycles. The molecule has 0 spiro atoms. The average molecular weight is 509 g/mol. The summed E-state index contributed by atoms with van der Waals surface area (Å²) in [5.74, 6) is -0.815. The summed E-state index contributed by atoms with van der Waals surface area (Å²) in [5, 5.41) is -0.194. The average Bonchev–Trinajstić information content (AvgIpc) is 2.84. The van der Waals surface area contributed by atoms with E-state index in [1.165, 1.54) is 6.07 Å². The predicted octanol–water partition coefficient (Wildman–Crippen LogP) is 6.03. The minimum atomic E-state index is -4.26. The summed E-state index contributed by atoms with van der Waals surface area (Å²) in [6, 6.07) is 28.7. The van der Waals surface area contributed by atoms with Crippen molar-refractivity contribution < 1.29 is 22.0 Å². The van der Waals surface area contributed by atoms with Gasteiger partial charge in [-0.25, -0.2) is 18.0 Å². The fourth-order valence-electron chi connectivity index (χ4n) is 3.32. The van der Waals surface area contributed by atoms with Crippen molar-refractivity contribution in [2.24, 2.45) is 0 Å².